The summed E-state index contributed by atoms with van der Waals surface area (Å²) in [6.45, 7) is 3.40. The average Bonchev–Trinajstić information content (AvgIpc) is 2.07. The molecule has 0 aliphatic carbocycles. The van der Waals surface area contributed by atoms with Crippen LogP contribution in [0.5, 0.6) is 0 Å². The quantitative estimate of drug-likeness (QED) is 0.450. The summed E-state index contributed by atoms with van der Waals surface area (Å²) in [5.74, 6) is -1.59. The van der Waals surface area contributed by atoms with E-state index in [0.717, 1.165) is 20.8 Å². The van der Waals surface area contributed by atoms with E-state index in [0.29, 0.717) is 0 Å². The van der Waals surface area contributed by atoms with Crippen LogP contribution in [0.2, 0.25) is 0 Å². The van der Waals surface area contributed by atoms with Gasteiger partial charge < -0.3 is 9.29 Å². The zero-order chi connectivity index (χ0) is 15.6. The summed E-state index contributed by atoms with van der Waals surface area (Å²) in [6, 6.07) is 0. The highest BCUT2D eigenvalue weighted by molar-refractivity contribution is 7.74. The molecule has 0 aliphatic heterocycles. The van der Waals surface area contributed by atoms with Crippen molar-refractivity contribution in [2.24, 2.45) is 5.41 Å². The average molecular weight is 313 g/mol. The first-order chi connectivity index (χ1) is 8.18. The van der Waals surface area contributed by atoms with Gasteiger partial charge in [0, 0.05) is 0 Å². The molecule has 114 valence electrons. The molecule has 11 heteroatoms. The predicted molar refractivity (Wildman–Crippen MR) is 50.3 cm³/mol. The third kappa shape index (κ3) is 5.78. The van der Waals surface area contributed by atoms with Gasteiger partial charge in [0.2, 0.25) is 0 Å². The van der Waals surface area contributed by atoms with Gasteiger partial charge in [-0.05, 0) is 20.8 Å². The minimum absolute atomic E-state index is 1.13. The van der Waals surface area contributed by atoms with Gasteiger partial charge in [-0.2, -0.15) is 22.0 Å². The summed E-state index contributed by atoms with van der Waals surface area (Å²) >= 11 is -3.92. The van der Waals surface area contributed by atoms with Crippen molar-refractivity contribution in [2.75, 3.05) is 0 Å². The Morgan fingerprint density at radius 2 is 1.58 bits per heavy atom. The van der Waals surface area contributed by atoms with Crippen molar-refractivity contribution < 1.29 is 44.4 Å². The van der Waals surface area contributed by atoms with Crippen molar-refractivity contribution in [1.82, 2.24) is 0 Å². The lowest BCUT2D eigenvalue weighted by atomic mass is 9.97. The Labute approximate surface area is 107 Å². The molecular weight excluding hydrogens is 303 g/mol. The number of hydrogen-bond acceptors (Lipinski definition) is 5. The molecule has 0 aromatic rings. The first-order valence-electron chi connectivity index (χ1n) is 4.62. The van der Waals surface area contributed by atoms with E-state index in [4.69, 9.17) is 0 Å². The van der Waals surface area contributed by atoms with Gasteiger partial charge in [-0.1, -0.05) is 0 Å². The standard InChI is InChI=1S/C8H11F5O5S/c1-6(2,3)5(14)17-4(7(9,10)11)8(12,13)18-19(15)16/h4H,1-3H3,(H,15,16)/p-1. The second-order valence-corrected chi connectivity index (χ2v) is 5.00. The number of rotatable bonds is 4. The summed E-state index contributed by atoms with van der Waals surface area (Å²) in [5.41, 5.74) is -1.49. The van der Waals surface area contributed by atoms with Gasteiger partial charge in [0.05, 0.1) is 16.8 Å². The lowest BCUT2D eigenvalue weighted by Gasteiger charge is -2.30. The summed E-state index contributed by atoms with van der Waals surface area (Å²) in [5, 5.41) is 0. The molecule has 19 heavy (non-hydrogen) atoms. The molecule has 5 nitrogen and oxygen atoms in total. The van der Waals surface area contributed by atoms with Gasteiger partial charge >= 0.3 is 18.3 Å². The van der Waals surface area contributed by atoms with Crippen molar-refractivity contribution in [1.29, 1.82) is 0 Å². The Bertz CT molecular complexity index is 362. The third-order valence-electron chi connectivity index (χ3n) is 1.62. The minimum atomic E-state index is -5.70. The fourth-order valence-electron chi connectivity index (χ4n) is 0.744. The molecule has 2 unspecified atom stereocenters. The Morgan fingerprint density at radius 1 is 1.16 bits per heavy atom. The lowest BCUT2D eigenvalue weighted by molar-refractivity contribution is -0.330. The smallest absolute Gasteiger partial charge is 0.434 e. The predicted octanol–water partition coefficient (Wildman–Crippen LogP) is 1.91. The molecule has 0 aromatic carbocycles. The maximum atomic E-state index is 13.0. The third-order valence-corrected chi connectivity index (χ3v) is 1.98. The first kappa shape index (κ1) is 18.2. The van der Waals surface area contributed by atoms with Crippen LogP contribution in [-0.2, 0) is 25.1 Å². The Hall–Kier alpha value is -0.810. The van der Waals surface area contributed by atoms with E-state index in [1.807, 2.05) is 0 Å². The molecule has 0 bridgehead atoms. The molecule has 0 fully saturated rings. The summed E-state index contributed by atoms with van der Waals surface area (Å²) < 4.78 is 89.4. The molecule has 0 aliphatic rings. The molecule has 2 atom stereocenters. The van der Waals surface area contributed by atoms with E-state index in [2.05, 4.69) is 8.92 Å². The van der Waals surface area contributed by atoms with Gasteiger partial charge in [0.1, 0.15) is 0 Å². The first-order valence-corrected chi connectivity index (χ1v) is 5.62. The van der Waals surface area contributed by atoms with Crippen molar-refractivity contribution in [2.45, 2.75) is 39.2 Å². The second-order valence-electron chi connectivity index (χ2n) is 4.43. The van der Waals surface area contributed by atoms with E-state index < -0.39 is 41.1 Å². The van der Waals surface area contributed by atoms with Crippen LogP contribution in [0.25, 0.3) is 0 Å². The van der Waals surface area contributed by atoms with E-state index in [9.17, 15) is 35.5 Å². The van der Waals surface area contributed by atoms with Crippen molar-refractivity contribution >= 4 is 17.3 Å². The van der Waals surface area contributed by atoms with Crippen LogP contribution >= 0.6 is 0 Å². The minimum Gasteiger partial charge on any atom is -0.750 e. The second kappa shape index (κ2) is 5.67. The number of halogens is 5. The molecule has 0 saturated carbocycles. The monoisotopic (exact) mass is 313 g/mol. The number of esters is 1. The molecule has 0 N–H and O–H groups in total. The summed E-state index contributed by atoms with van der Waals surface area (Å²) in [6.07, 6.45) is -15.0. The van der Waals surface area contributed by atoms with E-state index in [1.165, 1.54) is 0 Å². The van der Waals surface area contributed by atoms with Crippen molar-refractivity contribution in [3.05, 3.63) is 0 Å². The summed E-state index contributed by atoms with van der Waals surface area (Å²) in [7, 11) is 0. The number of ether oxygens (including phenoxy) is 1. The topological polar surface area (TPSA) is 75.7 Å². The fraction of sp³-hybridized carbons (Fsp3) is 0.875. The normalized spacial score (nSPS) is 16.9. The molecule has 0 aromatic heterocycles. The van der Waals surface area contributed by atoms with E-state index in [1.54, 1.807) is 0 Å². The van der Waals surface area contributed by atoms with Crippen LogP contribution in [0.3, 0.4) is 0 Å². The van der Waals surface area contributed by atoms with Crippen LogP contribution in [0.15, 0.2) is 0 Å². The van der Waals surface area contributed by atoms with E-state index >= 15 is 0 Å². The molecular formula is C8H10F5O5S-. The Kier molecular flexibility index (Phi) is 5.43. The van der Waals surface area contributed by atoms with Crippen LogP contribution in [0.1, 0.15) is 20.8 Å². The molecule has 0 heterocycles. The Morgan fingerprint density at radius 3 is 1.84 bits per heavy atom. The maximum Gasteiger partial charge on any atom is 0.434 e. The highest BCUT2D eigenvalue weighted by atomic mass is 32.2. The SMILES string of the molecule is CC(C)(C)C(=O)OC(C(F)(F)F)C(F)(F)OS(=O)[O-]. The lowest BCUT2D eigenvalue weighted by Crippen LogP contribution is -2.51. The molecule has 0 spiro atoms. The molecule has 0 radical (unpaired) electrons. The maximum absolute atomic E-state index is 13.0. The van der Waals surface area contributed by atoms with Gasteiger partial charge in [0.15, 0.2) is 0 Å². The van der Waals surface area contributed by atoms with Crippen LogP contribution in [0.4, 0.5) is 22.0 Å². The van der Waals surface area contributed by atoms with Gasteiger partial charge in [-0.25, -0.2) is 8.39 Å². The number of carbonyl (C=O) groups is 1. The van der Waals surface area contributed by atoms with Gasteiger partial charge in [-0.3, -0.25) is 4.79 Å². The number of alkyl halides is 5. The zero-order valence-corrected chi connectivity index (χ0v) is 10.7. The van der Waals surface area contributed by atoms with E-state index in [-0.39, 0.29) is 0 Å². The zero-order valence-electron chi connectivity index (χ0n) is 9.92. The van der Waals surface area contributed by atoms with Gasteiger partial charge in [0.25, 0.3) is 6.10 Å². The highest BCUT2D eigenvalue weighted by Crippen LogP contribution is 2.37. The highest BCUT2D eigenvalue weighted by Gasteiger charge is 2.61. The number of hydrogen-bond donors (Lipinski definition) is 0. The van der Waals surface area contributed by atoms with Crippen LogP contribution in [-0.4, -0.2) is 33.1 Å². The van der Waals surface area contributed by atoms with Crippen molar-refractivity contribution in [3.8, 4) is 0 Å². The number of carbonyl (C=O) groups excluding carboxylic acids is 1. The fourth-order valence-corrected chi connectivity index (χ4v) is 1.01. The Balaban J connectivity index is 5.26. The molecule has 0 rings (SSSR count). The molecule has 0 amide bonds. The molecule has 0 saturated heterocycles. The largest absolute Gasteiger partial charge is 0.750 e. The van der Waals surface area contributed by atoms with Crippen LogP contribution < -0.4 is 0 Å². The van der Waals surface area contributed by atoms with Gasteiger partial charge in [-0.15, -0.1) is 0 Å². The summed E-state index contributed by atoms with van der Waals surface area (Å²) in [4.78, 5) is 11.2. The van der Waals surface area contributed by atoms with Crippen LogP contribution in [0, 0.1) is 5.41 Å². The van der Waals surface area contributed by atoms with Crippen molar-refractivity contribution in [3.63, 3.8) is 0 Å².